The van der Waals surface area contributed by atoms with Gasteiger partial charge in [0.25, 0.3) is 0 Å². The number of ether oxygens (including phenoxy) is 1. The minimum atomic E-state index is -0.0418. The Bertz CT molecular complexity index is 202. The van der Waals surface area contributed by atoms with Crippen LogP contribution in [-0.4, -0.2) is 12.6 Å². The normalized spacial score (nSPS) is 36.5. The summed E-state index contributed by atoms with van der Waals surface area (Å²) in [5.41, 5.74) is -0.0418. The van der Waals surface area contributed by atoms with E-state index in [1.807, 2.05) is 6.92 Å². The van der Waals surface area contributed by atoms with E-state index in [9.17, 15) is 4.79 Å². The first-order valence-corrected chi connectivity index (χ1v) is 5.44. The second-order valence-electron chi connectivity index (χ2n) is 4.56. The summed E-state index contributed by atoms with van der Waals surface area (Å²) in [7, 11) is 0. The Morgan fingerprint density at radius 3 is 2.62 bits per heavy atom. The fraction of sp³-hybridized carbons (Fsp3) is 0.909. The highest BCUT2D eigenvalue weighted by molar-refractivity contribution is 5.77. The van der Waals surface area contributed by atoms with Crippen LogP contribution in [0.25, 0.3) is 0 Å². The molecule has 74 valence electrons. The van der Waals surface area contributed by atoms with E-state index in [1.54, 1.807) is 0 Å². The van der Waals surface area contributed by atoms with Gasteiger partial charge in [0.15, 0.2) is 0 Å². The van der Waals surface area contributed by atoms with E-state index in [0.29, 0.717) is 6.61 Å². The maximum Gasteiger partial charge on any atom is 0.312 e. The first-order valence-electron chi connectivity index (χ1n) is 5.44. The first kappa shape index (κ1) is 9.04. The first-order chi connectivity index (χ1) is 6.27. The van der Waals surface area contributed by atoms with Gasteiger partial charge in [-0.15, -0.1) is 0 Å². The van der Waals surface area contributed by atoms with Gasteiger partial charge in [-0.25, -0.2) is 0 Å². The maximum absolute atomic E-state index is 11.8. The zero-order chi connectivity index (χ0) is 9.31. The third kappa shape index (κ3) is 1.47. The number of hydrogen-bond donors (Lipinski definition) is 0. The summed E-state index contributed by atoms with van der Waals surface area (Å²) in [6.07, 6.45) is 6.71. The molecule has 0 N–H and O–H groups in total. The molecule has 2 fully saturated rings. The van der Waals surface area contributed by atoms with E-state index in [0.717, 1.165) is 31.6 Å². The van der Waals surface area contributed by atoms with Crippen LogP contribution in [0.15, 0.2) is 0 Å². The molecule has 2 saturated carbocycles. The number of fused-ring (bicyclic) bond motifs is 2. The third-order valence-electron chi connectivity index (χ3n) is 3.61. The molecule has 0 unspecified atom stereocenters. The number of carbonyl (C=O) groups excluding carboxylic acids is 1. The lowest BCUT2D eigenvalue weighted by Crippen LogP contribution is -2.28. The van der Waals surface area contributed by atoms with Crippen molar-refractivity contribution in [3.8, 4) is 0 Å². The Labute approximate surface area is 79.7 Å². The average Bonchev–Trinajstić information content (AvgIpc) is 2.74. The van der Waals surface area contributed by atoms with E-state index in [2.05, 4.69) is 0 Å². The van der Waals surface area contributed by atoms with E-state index >= 15 is 0 Å². The Kier molecular flexibility index (Phi) is 2.31. The second kappa shape index (κ2) is 3.32. The Morgan fingerprint density at radius 1 is 1.46 bits per heavy atom. The van der Waals surface area contributed by atoms with Gasteiger partial charge in [-0.3, -0.25) is 4.79 Å². The lowest BCUT2D eigenvalue weighted by atomic mass is 9.84. The molecule has 2 aliphatic carbocycles. The van der Waals surface area contributed by atoms with E-state index < -0.39 is 0 Å². The molecule has 2 aliphatic rings. The van der Waals surface area contributed by atoms with Crippen LogP contribution in [0, 0.1) is 11.3 Å². The molecule has 0 amide bonds. The highest BCUT2D eigenvalue weighted by Gasteiger charge is 2.50. The summed E-state index contributed by atoms with van der Waals surface area (Å²) in [4.78, 5) is 11.8. The molecule has 2 nitrogen and oxygen atoms in total. The SMILES string of the molecule is CCCOC(=O)C12CCC(CC1)C2. The minimum absolute atomic E-state index is 0.0418. The van der Waals surface area contributed by atoms with Crippen molar-refractivity contribution in [3.63, 3.8) is 0 Å². The number of esters is 1. The molecule has 13 heavy (non-hydrogen) atoms. The summed E-state index contributed by atoms with van der Waals surface area (Å²) in [6, 6.07) is 0. The van der Waals surface area contributed by atoms with Crippen LogP contribution in [0.2, 0.25) is 0 Å². The van der Waals surface area contributed by atoms with Crippen molar-refractivity contribution in [2.45, 2.75) is 45.4 Å². The van der Waals surface area contributed by atoms with Crippen LogP contribution in [0.5, 0.6) is 0 Å². The van der Waals surface area contributed by atoms with Gasteiger partial charge in [0.1, 0.15) is 0 Å². The quantitative estimate of drug-likeness (QED) is 0.627. The Morgan fingerprint density at radius 2 is 2.15 bits per heavy atom. The van der Waals surface area contributed by atoms with Crippen molar-refractivity contribution in [1.29, 1.82) is 0 Å². The van der Waals surface area contributed by atoms with Gasteiger partial charge < -0.3 is 4.74 Å². The van der Waals surface area contributed by atoms with Crippen LogP contribution in [0.1, 0.15) is 45.4 Å². The lowest BCUT2D eigenvalue weighted by Gasteiger charge is -2.23. The molecule has 0 heterocycles. The topological polar surface area (TPSA) is 26.3 Å². The molecule has 2 heteroatoms. The molecule has 0 atom stereocenters. The minimum Gasteiger partial charge on any atom is -0.465 e. The van der Waals surface area contributed by atoms with Crippen LogP contribution in [0.4, 0.5) is 0 Å². The van der Waals surface area contributed by atoms with Crippen LogP contribution in [-0.2, 0) is 9.53 Å². The standard InChI is InChI=1S/C11H18O2/c1-2-7-13-10(12)11-5-3-9(8-11)4-6-11/h9H,2-8H2,1H3. The molecule has 2 rings (SSSR count). The molecule has 0 spiro atoms. The Balaban J connectivity index is 1.95. The predicted molar refractivity (Wildman–Crippen MR) is 50.3 cm³/mol. The van der Waals surface area contributed by atoms with Crippen molar-refractivity contribution in [3.05, 3.63) is 0 Å². The molecule has 2 bridgehead atoms. The largest absolute Gasteiger partial charge is 0.465 e. The zero-order valence-corrected chi connectivity index (χ0v) is 8.34. The third-order valence-corrected chi connectivity index (χ3v) is 3.61. The summed E-state index contributed by atoms with van der Waals surface area (Å²) < 4.78 is 5.26. The molecular weight excluding hydrogens is 164 g/mol. The molecule has 0 aromatic carbocycles. The summed E-state index contributed by atoms with van der Waals surface area (Å²) in [6.45, 7) is 2.64. The van der Waals surface area contributed by atoms with Crippen LogP contribution in [0.3, 0.4) is 0 Å². The van der Waals surface area contributed by atoms with Crippen molar-refractivity contribution in [2.75, 3.05) is 6.61 Å². The number of carbonyl (C=O) groups is 1. The molecule has 0 saturated heterocycles. The smallest absolute Gasteiger partial charge is 0.312 e. The predicted octanol–water partition coefficient (Wildman–Crippen LogP) is 2.52. The molecule has 0 radical (unpaired) electrons. The monoisotopic (exact) mass is 182 g/mol. The summed E-state index contributed by atoms with van der Waals surface area (Å²) in [5, 5.41) is 0. The van der Waals surface area contributed by atoms with Gasteiger partial charge in [-0.1, -0.05) is 6.92 Å². The van der Waals surface area contributed by atoms with Crippen molar-refractivity contribution in [1.82, 2.24) is 0 Å². The van der Waals surface area contributed by atoms with E-state index in [1.165, 1.54) is 12.8 Å². The fourth-order valence-corrected chi connectivity index (χ4v) is 2.83. The highest BCUT2D eigenvalue weighted by atomic mass is 16.5. The molecule has 0 aliphatic heterocycles. The molecule has 0 aromatic rings. The number of hydrogen-bond acceptors (Lipinski definition) is 2. The van der Waals surface area contributed by atoms with Crippen molar-refractivity contribution in [2.24, 2.45) is 11.3 Å². The van der Waals surface area contributed by atoms with Gasteiger partial charge in [-0.2, -0.15) is 0 Å². The van der Waals surface area contributed by atoms with E-state index in [4.69, 9.17) is 4.74 Å². The van der Waals surface area contributed by atoms with Gasteiger partial charge in [0, 0.05) is 0 Å². The van der Waals surface area contributed by atoms with Gasteiger partial charge in [0.2, 0.25) is 0 Å². The highest BCUT2D eigenvalue weighted by Crippen LogP contribution is 2.54. The molecular formula is C11H18O2. The lowest BCUT2D eigenvalue weighted by molar-refractivity contribution is -0.155. The molecule has 0 aromatic heterocycles. The van der Waals surface area contributed by atoms with Gasteiger partial charge >= 0.3 is 5.97 Å². The van der Waals surface area contributed by atoms with Crippen LogP contribution < -0.4 is 0 Å². The van der Waals surface area contributed by atoms with Gasteiger partial charge in [0.05, 0.1) is 12.0 Å². The summed E-state index contributed by atoms with van der Waals surface area (Å²) in [5.74, 6) is 0.920. The van der Waals surface area contributed by atoms with Gasteiger partial charge in [-0.05, 0) is 44.4 Å². The van der Waals surface area contributed by atoms with Crippen molar-refractivity contribution < 1.29 is 9.53 Å². The number of rotatable bonds is 3. The van der Waals surface area contributed by atoms with E-state index in [-0.39, 0.29) is 11.4 Å². The average molecular weight is 182 g/mol. The maximum atomic E-state index is 11.8. The Hall–Kier alpha value is -0.530. The zero-order valence-electron chi connectivity index (χ0n) is 8.34. The van der Waals surface area contributed by atoms with Crippen molar-refractivity contribution >= 4 is 5.97 Å². The van der Waals surface area contributed by atoms with Crippen LogP contribution >= 0.6 is 0 Å². The summed E-state index contributed by atoms with van der Waals surface area (Å²) >= 11 is 0. The second-order valence-corrected chi connectivity index (χ2v) is 4.56. The fourth-order valence-electron chi connectivity index (χ4n) is 2.83.